The monoisotopic (exact) mass is 222 g/mol. The van der Waals surface area contributed by atoms with E-state index in [0.717, 1.165) is 5.69 Å². The molecule has 5 heteroatoms. The fourth-order valence-corrected chi connectivity index (χ4v) is 1.21. The van der Waals surface area contributed by atoms with Gasteiger partial charge in [0.05, 0.1) is 5.69 Å². The Morgan fingerprint density at radius 2 is 2.25 bits per heavy atom. The average molecular weight is 222 g/mol. The normalized spacial score (nSPS) is 10.9. The third-order valence-electron chi connectivity index (χ3n) is 2.46. The molecule has 1 heterocycles. The van der Waals surface area contributed by atoms with Crippen molar-refractivity contribution in [3.8, 4) is 0 Å². The third kappa shape index (κ3) is 3.29. The van der Waals surface area contributed by atoms with Gasteiger partial charge in [0.2, 0.25) is 0 Å². The van der Waals surface area contributed by atoms with E-state index in [4.69, 9.17) is 5.84 Å². The highest BCUT2D eigenvalue weighted by Crippen LogP contribution is 2.05. The van der Waals surface area contributed by atoms with Crippen molar-refractivity contribution in [3.63, 3.8) is 0 Å². The predicted molar refractivity (Wildman–Crippen MR) is 62.5 cm³/mol. The van der Waals surface area contributed by atoms with Gasteiger partial charge < -0.3 is 0 Å². The molecule has 5 nitrogen and oxygen atoms in total. The summed E-state index contributed by atoms with van der Waals surface area (Å²) in [5.74, 6) is 4.69. The van der Waals surface area contributed by atoms with E-state index < -0.39 is 0 Å². The summed E-state index contributed by atoms with van der Waals surface area (Å²) < 4.78 is 0. The second-order valence-electron chi connectivity index (χ2n) is 4.00. The molecule has 1 aromatic rings. The molecule has 0 atom stereocenters. The maximum absolute atomic E-state index is 11.3. The van der Waals surface area contributed by atoms with Gasteiger partial charge in [-0.3, -0.25) is 15.1 Å². The van der Waals surface area contributed by atoms with Crippen LogP contribution in [0.1, 0.15) is 30.0 Å². The quantitative estimate of drug-likeness (QED) is 0.443. The van der Waals surface area contributed by atoms with E-state index in [1.807, 2.05) is 13.1 Å². The number of nitrogens with two attached hydrogens (primary N) is 1. The molecule has 88 valence electrons. The van der Waals surface area contributed by atoms with Crippen LogP contribution in [0.5, 0.6) is 0 Å². The lowest BCUT2D eigenvalue weighted by atomic mass is 10.2. The van der Waals surface area contributed by atoms with E-state index in [1.54, 1.807) is 12.1 Å². The minimum atomic E-state index is -0.367. The molecular formula is C11H18N4O. The number of nitrogens with zero attached hydrogens (tertiary/aromatic N) is 2. The van der Waals surface area contributed by atoms with Gasteiger partial charge in [0, 0.05) is 12.6 Å². The molecule has 1 rings (SSSR count). The summed E-state index contributed by atoms with van der Waals surface area (Å²) in [6.07, 6.45) is 0. The van der Waals surface area contributed by atoms with E-state index in [1.165, 1.54) is 0 Å². The Bertz CT molecular complexity index is 365. The lowest BCUT2D eigenvalue weighted by Crippen LogP contribution is -2.31. The molecule has 0 bridgehead atoms. The van der Waals surface area contributed by atoms with E-state index in [2.05, 4.69) is 29.2 Å². The smallest absolute Gasteiger partial charge is 0.283 e. The standard InChI is InChI=1S/C11H18N4O/c1-8(2)15(3)7-9-5-4-6-10(13-9)11(16)14-12/h4-6,8H,7,12H2,1-3H3,(H,14,16). The van der Waals surface area contributed by atoms with E-state index in [-0.39, 0.29) is 5.91 Å². The highest BCUT2D eigenvalue weighted by molar-refractivity contribution is 5.91. The number of hydrogen-bond acceptors (Lipinski definition) is 4. The molecule has 0 fully saturated rings. The van der Waals surface area contributed by atoms with Gasteiger partial charge in [-0.1, -0.05) is 6.07 Å². The Balaban J connectivity index is 2.78. The number of nitrogen functional groups attached to an aromatic ring is 1. The molecule has 0 aliphatic heterocycles. The maximum Gasteiger partial charge on any atom is 0.283 e. The van der Waals surface area contributed by atoms with Gasteiger partial charge >= 0.3 is 0 Å². The minimum absolute atomic E-state index is 0.345. The number of carbonyl (C=O) groups excluding carboxylic acids is 1. The van der Waals surface area contributed by atoms with Crippen molar-refractivity contribution in [1.82, 2.24) is 15.3 Å². The first-order valence-electron chi connectivity index (χ1n) is 5.21. The molecule has 0 aliphatic rings. The maximum atomic E-state index is 11.3. The number of carbonyl (C=O) groups is 1. The molecule has 0 saturated heterocycles. The SMILES string of the molecule is CC(C)N(C)Cc1cccc(C(=O)NN)n1. The third-order valence-corrected chi connectivity index (χ3v) is 2.46. The molecule has 1 aromatic heterocycles. The van der Waals surface area contributed by atoms with Gasteiger partial charge in [-0.15, -0.1) is 0 Å². The number of pyridine rings is 1. The number of aromatic nitrogens is 1. The molecule has 16 heavy (non-hydrogen) atoms. The van der Waals surface area contributed by atoms with Crippen LogP contribution in [-0.4, -0.2) is 28.9 Å². The number of hydrogen-bond donors (Lipinski definition) is 2. The van der Waals surface area contributed by atoms with Gasteiger partial charge in [0.1, 0.15) is 5.69 Å². The first-order valence-corrected chi connectivity index (χ1v) is 5.21. The van der Waals surface area contributed by atoms with Crippen LogP contribution in [0.15, 0.2) is 18.2 Å². The second-order valence-corrected chi connectivity index (χ2v) is 4.00. The number of nitrogens with one attached hydrogen (secondary N) is 1. The van der Waals surface area contributed by atoms with E-state index in [0.29, 0.717) is 18.3 Å². The van der Waals surface area contributed by atoms with Crippen LogP contribution in [0.3, 0.4) is 0 Å². The summed E-state index contributed by atoms with van der Waals surface area (Å²) in [4.78, 5) is 17.7. The zero-order valence-electron chi connectivity index (χ0n) is 9.90. The van der Waals surface area contributed by atoms with Gasteiger partial charge in [-0.2, -0.15) is 0 Å². The summed E-state index contributed by atoms with van der Waals surface area (Å²) in [6, 6.07) is 5.78. The van der Waals surface area contributed by atoms with Crippen molar-refractivity contribution in [1.29, 1.82) is 0 Å². The van der Waals surface area contributed by atoms with Gasteiger partial charge in [0.15, 0.2) is 0 Å². The Morgan fingerprint density at radius 1 is 1.56 bits per heavy atom. The zero-order chi connectivity index (χ0) is 12.1. The Hall–Kier alpha value is -1.46. The highest BCUT2D eigenvalue weighted by Gasteiger charge is 2.08. The molecule has 3 N–H and O–H groups in total. The largest absolute Gasteiger partial charge is 0.298 e. The molecule has 0 spiro atoms. The summed E-state index contributed by atoms with van der Waals surface area (Å²) in [5.41, 5.74) is 3.27. The fraction of sp³-hybridized carbons (Fsp3) is 0.455. The molecule has 0 aliphatic carbocycles. The van der Waals surface area contributed by atoms with E-state index >= 15 is 0 Å². The highest BCUT2D eigenvalue weighted by atomic mass is 16.2. The summed E-state index contributed by atoms with van der Waals surface area (Å²) in [5, 5.41) is 0. The van der Waals surface area contributed by atoms with Crippen molar-refractivity contribution >= 4 is 5.91 Å². The molecular weight excluding hydrogens is 204 g/mol. The summed E-state index contributed by atoms with van der Waals surface area (Å²) in [6.45, 7) is 4.93. The van der Waals surface area contributed by atoms with Crippen LogP contribution >= 0.6 is 0 Å². The minimum Gasteiger partial charge on any atom is -0.298 e. The first kappa shape index (κ1) is 12.6. The number of amides is 1. The fourth-order valence-electron chi connectivity index (χ4n) is 1.21. The van der Waals surface area contributed by atoms with Crippen LogP contribution in [0.2, 0.25) is 0 Å². The van der Waals surface area contributed by atoms with Gasteiger partial charge in [-0.05, 0) is 33.0 Å². The van der Waals surface area contributed by atoms with Crippen LogP contribution < -0.4 is 11.3 Å². The Morgan fingerprint density at radius 3 is 2.81 bits per heavy atom. The van der Waals surface area contributed by atoms with Crippen LogP contribution in [-0.2, 0) is 6.54 Å². The van der Waals surface area contributed by atoms with E-state index in [9.17, 15) is 4.79 Å². The van der Waals surface area contributed by atoms with Crippen LogP contribution in [0.4, 0.5) is 0 Å². The lowest BCUT2D eigenvalue weighted by Gasteiger charge is -2.20. The van der Waals surface area contributed by atoms with Crippen molar-refractivity contribution in [2.45, 2.75) is 26.4 Å². The molecule has 0 aromatic carbocycles. The topological polar surface area (TPSA) is 71.2 Å². The van der Waals surface area contributed by atoms with Crippen molar-refractivity contribution < 1.29 is 4.79 Å². The average Bonchev–Trinajstić information content (AvgIpc) is 2.28. The zero-order valence-corrected chi connectivity index (χ0v) is 9.90. The van der Waals surface area contributed by atoms with Crippen molar-refractivity contribution in [3.05, 3.63) is 29.6 Å². The molecule has 1 amide bonds. The van der Waals surface area contributed by atoms with Crippen LogP contribution in [0.25, 0.3) is 0 Å². The first-order chi connectivity index (χ1) is 7.54. The van der Waals surface area contributed by atoms with Crippen LogP contribution in [0, 0.1) is 0 Å². The van der Waals surface area contributed by atoms with Crippen molar-refractivity contribution in [2.75, 3.05) is 7.05 Å². The lowest BCUT2D eigenvalue weighted by molar-refractivity contribution is 0.0948. The molecule has 0 radical (unpaired) electrons. The number of rotatable bonds is 4. The molecule has 0 saturated carbocycles. The van der Waals surface area contributed by atoms with Crippen molar-refractivity contribution in [2.24, 2.45) is 5.84 Å². The Kier molecular flexibility index (Phi) is 4.39. The summed E-state index contributed by atoms with van der Waals surface area (Å²) in [7, 11) is 2.02. The Labute approximate surface area is 95.6 Å². The molecule has 0 unspecified atom stereocenters. The second kappa shape index (κ2) is 5.58. The van der Waals surface area contributed by atoms with Gasteiger partial charge in [0.25, 0.3) is 5.91 Å². The number of hydrazine groups is 1. The predicted octanol–water partition coefficient (Wildman–Crippen LogP) is 0.525. The summed E-state index contributed by atoms with van der Waals surface area (Å²) >= 11 is 0. The van der Waals surface area contributed by atoms with Gasteiger partial charge in [-0.25, -0.2) is 10.8 Å².